The minimum absolute atomic E-state index is 0.131. The van der Waals surface area contributed by atoms with Gasteiger partial charge < -0.3 is 9.64 Å². The Hall–Kier alpha value is -2.71. The van der Waals surface area contributed by atoms with Gasteiger partial charge >= 0.3 is 5.97 Å². The number of nitro groups is 2. The molecule has 0 fully saturated rings. The van der Waals surface area contributed by atoms with Crippen LogP contribution in [0.1, 0.15) is 13.8 Å². The van der Waals surface area contributed by atoms with E-state index in [9.17, 15) is 25.0 Å². The van der Waals surface area contributed by atoms with Gasteiger partial charge in [-0.25, -0.2) is 0 Å². The quantitative estimate of drug-likeness (QED) is 0.447. The monoisotopic (exact) mass is 297 g/mol. The molecular weight excluding hydrogens is 282 g/mol. The zero-order valence-corrected chi connectivity index (χ0v) is 11.8. The Balaban J connectivity index is 3.33. The molecule has 0 saturated carbocycles. The molecular formula is C12H15N3O6. The fraction of sp³-hybridized carbons (Fsp3) is 0.417. The molecule has 1 rings (SSSR count). The molecule has 114 valence electrons. The van der Waals surface area contributed by atoms with Crippen molar-refractivity contribution in [3.63, 3.8) is 0 Å². The number of esters is 1. The van der Waals surface area contributed by atoms with E-state index < -0.39 is 21.5 Å². The lowest BCUT2D eigenvalue weighted by atomic mass is 10.2. The largest absolute Gasteiger partial charge is 0.468 e. The van der Waals surface area contributed by atoms with Crippen molar-refractivity contribution in [3.8, 4) is 0 Å². The van der Waals surface area contributed by atoms with Crippen molar-refractivity contribution >= 4 is 23.0 Å². The maximum Gasteiger partial charge on any atom is 0.325 e. The number of rotatable bonds is 6. The number of carbonyl (C=O) groups is 1. The molecule has 0 N–H and O–H groups in total. The summed E-state index contributed by atoms with van der Waals surface area (Å²) in [7, 11) is 1.21. The van der Waals surface area contributed by atoms with Crippen molar-refractivity contribution in [1.29, 1.82) is 0 Å². The summed E-state index contributed by atoms with van der Waals surface area (Å²) in [6.07, 6.45) is 0. The zero-order valence-electron chi connectivity index (χ0n) is 11.8. The molecule has 0 amide bonds. The van der Waals surface area contributed by atoms with Crippen LogP contribution in [0, 0.1) is 20.2 Å². The number of carbonyl (C=O) groups excluding carboxylic acids is 1. The predicted octanol–water partition coefficient (Wildman–Crippen LogP) is 1.89. The summed E-state index contributed by atoms with van der Waals surface area (Å²) < 4.78 is 4.56. The second kappa shape index (κ2) is 6.64. The van der Waals surface area contributed by atoms with E-state index in [1.165, 1.54) is 18.1 Å². The Morgan fingerprint density at radius 3 is 2.33 bits per heavy atom. The fourth-order valence-electron chi connectivity index (χ4n) is 1.76. The molecule has 0 spiro atoms. The number of anilines is 1. The Kier molecular flexibility index (Phi) is 5.17. The molecule has 0 radical (unpaired) electrons. The molecule has 0 aromatic heterocycles. The summed E-state index contributed by atoms with van der Waals surface area (Å²) in [6.45, 7) is 3.30. The molecule has 0 atom stereocenters. The van der Waals surface area contributed by atoms with Gasteiger partial charge in [0, 0.05) is 12.1 Å². The summed E-state index contributed by atoms with van der Waals surface area (Å²) in [5.74, 6) is -0.559. The van der Waals surface area contributed by atoms with Crippen molar-refractivity contribution < 1.29 is 19.4 Å². The van der Waals surface area contributed by atoms with E-state index in [1.807, 2.05) is 0 Å². The number of ether oxygens (including phenoxy) is 1. The average Bonchev–Trinajstić information content (AvgIpc) is 2.43. The van der Waals surface area contributed by atoms with Crippen molar-refractivity contribution in [1.82, 2.24) is 0 Å². The lowest BCUT2D eigenvalue weighted by Crippen LogP contribution is -2.36. The van der Waals surface area contributed by atoms with E-state index in [4.69, 9.17) is 0 Å². The minimum atomic E-state index is -0.713. The number of methoxy groups -OCH3 is 1. The van der Waals surface area contributed by atoms with Gasteiger partial charge in [-0.15, -0.1) is 0 Å². The predicted molar refractivity (Wildman–Crippen MR) is 74.2 cm³/mol. The minimum Gasteiger partial charge on any atom is -0.468 e. The molecule has 0 bridgehead atoms. The number of non-ortho nitro benzene ring substituents is 1. The second-order valence-corrected chi connectivity index (χ2v) is 4.49. The standard InChI is InChI=1S/C12H15N3O6/c1-8(2)13(7-12(16)21-3)10-5-4-9(14(17)18)6-11(10)15(19)20/h4-6,8H,7H2,1-3H3. The molecule has 9 nitrogen and oxygen atoms in total. The first kappa shape index (κ1) is 16.3. The SMILES string of the molecule is COC(=O)CN(c1ccc([N+](=O)[O-])cc1[N+](=O)[O-])C(C)C. The summed E-state index contributed by atoms with van der Waals surface area (Å²) in [5, 5.41) is 21.8. The second-order valence-electron chi connectivity index (χ2n) is 4.49. The van der Waals surface area contributed by atoms with Crippen molar-refractivity contribution in [2.75, 3.05) is 18.6 Å². The van der Waals surface area contributed by atoms with E-state index in [0.717, 1.165) is 12.1 Å². The van der Waals surface area contributed by atoms with Crippen LogP contribution in [0.3, 0.4) is 0 Å². The maximum absolute atomic E-state index is 11.4. The lowest BCUT2D eigenvalue weighted by molar-refractivity contribution is -0.393. The number of benzene rings is 1. The first-order valence-electron chi connectivity index (χ1n) is 6.04. The van der Waals surface area contributed by atoms with Crippen molar-refractivity contribution in [3.05, 3.63) is 38.4 Å². The van der Waals surface area contributed by atoms with Gasteiger partial charge in [-0.1, -0.05) is 0 Å². The highest BCUT2D eigenvalue weighted by atomic mass is 16.6. The van der Waals surface area contributed by atoms with Gasteiger partial charge in [0.1, 0.15) is 12.2 Å². The summed E-state index contributed by atoms with van der Waals surface area (Å²) in [5.41, 5.74) is -0.681. The van der Waals surface area contributed by atoms with Crippen LogP contribution in [0.15, 0.2) is 18.2 Å². The van der Waals surface area contributed by atoms with Crippen LogP contribution in [0.5, 0.6) is 0 Å². The molecule has 0 saturated heterocycles. The molecule has 21 heavy (non-hydrogen) atoms. The van der Waals surface area contributed by atoms with Gasteiger partial charge in [-0.05, 0) is 19.9 Å². The first-order valence-corrected chi connectivity index (χ1v) is 6.04. The van der Waals surface area contributed by atoms with Crippen molar-refractivity contribution in [2.24, 2.45) is 0 Å². The Morgan fingerprint density at radius 1 is 1.29 bits per heavy atom. The van der Waals surface area contributed by atoms with E-state index in [-0.39, 0.29) is 24.0 Å². The molecule has 0 aliphatic carbocycles. The van der Waals surface area contributed by atoms with E-state index in [2.05, 4.69) is 4.74 Å². The lowest BCUT2D eigenvalue weighted by Gasteiger charge is -2.27. The van der Waals surface area contributed by atoms with E-state index in [1.54, 1.807) is 13.8 Å². The Morgan fingerprint density at radius 2 is 1.90 bits per heavy atom. The normalized spacial score (nSPS) is 10.3. The third-order valence-corrected chi connectivity index (χ3v) is 2.83. The Bertz CT molecular complexity index is 572. The highest BCUT2D eigenvalue weighted by molar-refractivity contribution is 5.78. The topological polar surface area (TPSA) is 116 Å². The van der Waals surface area contributed by atoms with Crippen LogP contribution in [0.4, 0.5) is 17.1 Å². The molecule has 0 unspecified atom stereocenters. The molecule has 1 aromatic rings. The van der Waals surface area contributed by atoms with Crippen molar-refractivity contribution in [2.45, 2.75) is 19.9 Å². The van der Waals surface area contributed by atoms with Gasteiger partial charge in [-0.2, -0.15) is 0 Å². The van der Waals surface area contributed by atoms with Gasteiger partial charge in [0.05, 0.1) is 23.0 Å². The molecule has 1 aromatic carbocycles. The van der Waals surface area contributed by atoms with Gasteiger partial charge in [-0.3, -0.25) is 25.0 Å². The van der Waals surface area contributed by atoms with Gasteiger partial charge in [0.25, 0.3) is 11.4 Å². The van der Waals surface area contributed by atoms with Crippen LogP contribution in [0.2, 0.25) is 0 Å². The fourth-order valence-corrected chi connectivity index (χ4v) is 1.76. The van der Waals surface area contributed by atoms with E-state index in [0.29, 0.717) is 0 Å². The first-order chi connectivity index (χ1) is 9.77. The number of nitrogens with zero attached hydrogens (tertiary/aromatic N) is 3. The molecule has 0 aliphatic rings. The van der Waals surface area contributed by atoms with Gasteiger partial charge in [0.2, 0.25) is 0 Å². The molecule has 0 heterocycles. The number of hydrogen-bond donors (Lipinski definition) is 0. The summed E-state index contributed by atoms with van der Waals surface area (Å²) >= 11 is 0. The highest BCUT2D eigenvalue weighted by Gasteiger charge is 2.26. The van der Waals surface area contributed by atoms with Crippen LogP contribution in [0.25, 0.3) is 0 Å². The van der Waals surface area contributed by atoms with Crippen LogP contribution in [-0.4, -0.2) is 35.5 Å². The summed E-state index contributed by atoms with van der Waals surface area (Å²) in [6, 6.07) is 3.07. The third kappa shape index (κ3) is 3.88. The Labute approximate surface area is 120 Å². The highest BCUT2D eigenvalue weighted by Crippen LogP contribution is 2.33. The maximum atomic E-state index is 11.4. The van der Waals surface area contributed by atoms with Crippen LogP contribution < -0.4 is 4.90 Å². The average molecular weight is 297 g/mol. The number of nitro benzene ring substituents is 2. The van der Waals surface area contributed by atoms with Crippen LogP contribution >= 0.6 is 0 Å². The number of hydrogen-bond acceptors (Lipinski definition) is 7. The van der Waals surface area contributed by atoms with Gasteiger partial charge in [0.15, 0.2) is 0 Å². The van der Waals surface area contributed by atoms with Crippen LogP contribution in [-0.2, 0) is 9.53 Å². The zero-order chi connectivity index (χ0) is 16.2. The molecule has 0 aliphatic heterocycles. The third-order valence-electron chi connectivity index (χ3n) is 2.83. The smallest absolute Gasteiger partial charge is 0.325 e. The summed E-state index contributed by atoms with van der Waals surface area (Å²) in [4.78, 5) is 33.3. The molecule has 9 heteroatoms. The van der Waals surface area contributed by atoms with E-state index >= 15 is 0 Å².